The number of rotatable bonds is 3. The average Bonchev–Trinajstić information content (AvgIpc) is 2.72. The Balaban J connectivity index is 1.77. The molecule has 1 aliphatic rings. The Hall–Kier alpha value is -0.830. The van der Waals surface area contributed by atoms with Crippen LogP contribution in [0.5, 0.6) is 0 Å². The Kier molecular flexibility index (Phi) is 2.87. The van der Waals surface area contributed by atoms with Gasteiger partial charge in [-0.15, -0.1) is 0 Å². The first-order chi connectivity index (χ1) is 6.74. The summed E-state index contributed by atoms with van der Waals surface area (Å²) in [5, 5.41) is 4.17. The summed E-state index contributed by atoms with van der Waals surface area (Å²) >= 11 is 0. The molecule has 1 aromatic rings. The Morgan fingerprint density at radius 2 is 2.43 bits per heavy atom. The van der Waals surface area contributed by atoms with Crippen molar-refractivity contribution in [3.05, 3.63) is 18.0 Å². The van der Waals surface area contributed by atoms with Gasteiger partial charge in [0.15, 0.2) is 0 Å². The Bertz CT molecular complexity index is 292. The lowest BCUT2D eigenvalue weighted by Crippen LogP contribution is -2.14. The molecular weight excluding hydrogens is 174 g/mol. The fourth-order valence-electron chi connectivity index (χ4n) is 2.35. The van der Waals surface area contributed by atoms with E-state index >= 15 is 0 Å². The minimum atomic E-state index is 0.467. The van der Waals surface area contributed by atoms with E-state index in [1.807, 2.05) is 17.9 Å². The zero-order chi connectivity index (χ0) is 9.97. The maximum atomic E-state index is 5.88. The van der Waals surface area contributed by atoms with Gasteiger partial charge >= 0.3 is 0 Å². The van der Waals surface area contributed by atoms with Crippen LogP contribution in [0.15, 0.2) is 12.4 Å². The second-order valence-electron chi connectivity index (χ2n) is 4.50. The Morgan fingerprint density at radius 1 is 1.57 bits per heavy atom. The molecule has 0 aliphatic heterocycles. The van der Waals surface area contributed by atoms with Crippen molar-refractivity contribution in [1.29, 1.82) is 0 Å². The molecule has 1 heterocycles. The summed E-state index contributed by atoms with van der Waals surface area (Å²) in [6, 6.07) is 0.467. The van der Waals surface area contributed by atoms with Crippen molar-refractivity contribution in [2.75, 3.05) is 0 Å². The Morgan fingerprint density at radius 3 is 3.00 bits per heavy atom. The molecule has 0 spiro atoms. The van der Waals surface area contributed by atoms with Crippen molar-refractivity contribution in [3.8, 4) is 0 Å². The van der Waals surface area contributed by atoms with Gasteiger partial charge in [-0.3, -0.25) is 4.68 Å². The molecule has 1 aliphatic carbocycles. The number of hydrogen-bond acceptors (Lipinski definition) is 2. The fourth-order valence-corrected chi connectivity index (χ4v) is 2.35. The molecule has 1 saturated carbocycles. The molecule has 0 radical (unpaired) electrons. The minimum Gasteiger partial charge on any atom is -0.328 e. The van der Waals surface area contributed by atoms with Crippen LogP contribution < -0.4 is 5.73 Å². The molecule has 0 aromatic carbocycles. The third kappa shape index (κ3) is 2.35. The second kappa shape index (κ2) is 4.13. The number of aromatic nitrogens is 2. The van der Waals surface area contributed by atoms with E-state index in [2.05, 4.69) is 11.3 Å². The summed E-state index contributed by atoms with van der Waals surface area (Å²) in [6.07, 6.45) is 10.3. The van der Waals surface area contributed by atoms with Crippen molar-refractivity contribution < 1.29 is 0 Å². The van der Waals surface area contributed by atoms with E-state index in [4.69, 9.17) is 5.73 Å². The quantitative estimate of drug-likeness (QED) is 0.790. The van der Waals surface area contributed by atoms with Gasteiger partial charge in [0, 0.05) is 19.3 Å². The molecule has 0 bridgehead atoms. The van der Waals surface area contributed by atoms with Crippen LogP contribution in [-0.2, 0) is 13.5 Å². The van der Waals surface area contributed by atoms with Crippen molar-refractivity contribution >= 4 is 0 Å². The average molecular weight is 193 g/mol. The largest absolute Gasteiger partial charge is 0.328 e. The predicted molar refractivity (Wildman–Crippen MR) is 56.8 cm³/mol. The van der Waals surface area contributed by atoms with Gasteiger partial charge in [-0.2, -0.15) is 5.10 Å². The van der Waals surface area contributed by atoms with Gasteiger partial charge in [0.2, 0.25) is 0 Å². The number of aryl methyl sites for hydroxylation is 2. The summed E-state index contributed by atoms with van der Waals surface area (Å²) in [6.45, 7) is 0. The molecule has 1 aromatic heterocycles. The molecule has 0 saturated heterocycles. The summed E-state index contributed by atoms with van der Waals surface area (Å²) in [5.74, 6) is 0.852. The standard InChI is InChI=1S/C11H19N3/c1-14-8-10(7-13-14)3-2-9-4-5-11(12)6-9/h7-9,11H,2-6,12H2,1H3. The van der Waals surface area contributed by atoms with Crippen molar-refractivity contribution in [2.45, 2.75) is 38.1 Å². The van der Waals surface area contributed by atoms with E-state index in [9.17, 15) is 0 Å². The van der Waals surface area contributed by atoms with Gasteiger partial charge in [0.1, 0.15) is 0 Å². The van der Waals surface area contributed by atoms with Crippen LogP contribution >= 0.6 is 0 Å². The van der Waals surface area contributed by atoms with E-state index in [1.54, 1.807) is 0 Å². The number of nitrogens with two attached hydrogens (primary N) is 1. The SMILES string of the molecule is Cn1cc(CCC2CCC(N)C2)cn1. The zero-order valence-corrected chi connectivity index (χ0v) is 8.82. The van der Waals surface area contributed by atoms with Gasteiger partial charge in [-0.25, -0.2) is 0 Å². The van der Waals surface area contributed by atoms with Gasteiger partial charge in [-0.05, 0) is 43.6 Å². The predicted octanol–water partition coefficient (Wildman–Crippen LogP) is 1.48. The van der Waals surface area contributed by atoms with Crippen LogP contribution in [-0.4, -0.2) is 15.8 Å². The molecule has 78 valence electrons. The lowest BCUT2D eigenvalue weighted by molar-refractivity contribution is 0.495. The first-order valence-electron chi connectivity index (χ1n) is 5.47. The van der Waals surface area contributed by atoms with E-state index in [-0.39, 0.29) is 0 Å². The zero-order valence-electron chi connectivity index (χ0n) is 8.82. The highest BCUT2D eigenvalue weighted by Gasteiger charge is 2.21. The molecule has 1 fully saturated rings. The molecule has 3 nitrogen and oxygen atoms in total. The van der Waals surface area contributed by atoms with E-state index in [1.165, 1.54) is 31.2 Å². The molecule has 2 N–H and O–H groups in total. The van der Waals surface area contributed by atoms with Gasteiger partial charge in [0.25, 0.3) is 0 Å². The second-order valence-corrected chi connectivity index (χ2v) is 4.50. The maximum absolute atomic E-state index is 5.88. The smallest absolute Gasteiger partial charge is 0.0521 e. The third-order valence-electron chi connectivity index (χ3n) is 3.18. The summed E-state index contributed by atoms with van der Waals surface area (Å²) < 4.78 is 1.87. The summed E-state index contributed by atoms with van der Waals surface area (Å²) in [4.78, 5) is 0. The monoisotopic (exact) mass is 193 g/mol. The van der Waals surface area contributed by atoms with Crippen molar-refractivity contribution in [1.82, 2.24) is 9.78 Å². The van der Waals surface area contributed by atoms with Crippen LogP contribution in [0.3, 0.4) is 0 Å². The molecule has 14 heavy (non-hydrogen) atoms. The minimum absolute atomic E-state index is 0.467. The molecule has 2 atom stereocenters. The number of hydrogen-bond donors (Lipinski definition) is 1. The molecule has 0 amide bonds. The van der Waals surface area contributed by atoms with Crippen molar-refractivity contribution in [3.63, 3.8) is 0 Å². The molecular formula is C11H19N3. The normalized spacial score (nSPS) is 27.0. The van der Waals surface area contributed by atoms with Crippen LogP contribution in [0.4, 0.5) is 0 Å². The van der Waals surface area contributed by atoms with Crippen LogP contribution in [0.1, 0.15) is 31.2 Å². The van der Waals surface area contributed by atoms with Crippen LogP contribution in [0, 0.1) is 5.92 Å². The van der Waals surface area contributed by atoms with Crippen LogP contribution in [0.2, 0.25) is 0 Å². The van der Waals surface area contributed by atoms with Crippen LogP contribution in [0.25, 0.3) is 0 Å². The molecule has 2 rings (SSSR count). The van der Waals surface area contributed by atoms with E-state index in [0.717, 1.165) is 12.3 Å². The maximum Gasteiger partial charge on any atom is 0.0521 e. The fraction of sp³-hybridized carbons (Fsp3) is 0.727. The first-order valence-corrected chi connectivity index (χ1v) is 5.47. The Labute approximate surface area is 85.3 Å². The lowest BCUT2D eigenvalue weighted by Gasteiger charge is -2.07. The lowest BCUT2D eigenvalue weighted by atomic mass is 9.99. The van der Waals surface area contributed by atoms with E-state index in [0.29, 0.717) is 6.04 Å². The van der Waals surface area contributed by atoms with Gasteiger partial charge < -0.3 is 5.73 Å². The van der Waals surface area contributed by atoms with Gasteiger partial charge in [-0.1, -0.05) is 0 Å². The van der Waals surface area contributed by atoms with Gasteiger partial charge in [0.05, 0.1) is 6.20 Å². The summed E-state index contributed by atoms with van der Waals surface area (Å²) in [7, 11) is 1.97. The number of nitrogens with zero attached hydrogens (tertiary/aromatic N) is 2. The first kappa shape index (κ1) is 9.71. The van der Waals surface area contributed by atoms with Crippen molar-refractivity contribution in [2.24, 2.45) is 18.7 Å². The van der Waals surface area contributed by atoms with E-state index < -0.39 is 0 Å². The molecule has 2 unspecified atom stereocenters. The highest BCUT2D eigenvalue weighted by molar-refractivity contribution is 5.03. The highest BCUT2D eigenvalue weighted by atomic mass is 15.2. The molecule has 3 heteroatoms. The highest BCUT2D eigenvalue weighted by Crippen LogP contribution is 2.27. The third-order valence-corrected chi connectivity index (χ3v) is 3.18. The summed E-state index contributed by atoms with van der Waals surface area (Å²) in [5.41, 5.74) is 7.24. The topological polar surface area (TPSA) is 43.8 Å².